The second-order valence-electron chi connectivity index (χ2n) is 4.63. The van der Waals surface area contributed by atoms with E-state index in [2.05, 4.69) is 36.4 Å². The van der Waals surface area contributed by atoms with Crippen molar-refractivity contribution in [2.24, 2.45) is 0 Å². The molecule has 0 aliphatic heterocycles. The molecule has 0 spiro atoms. The van der Waals surface area contributed by atoms with Crippen molar-refractivity contribution in [3.8, 4) is 0 Å². The first-order chi connectivity index (χ1) is 9.85. The first kappa shape index (κ1) is 13.6. The van der Waals surface area contributed by atoms with E-state index in [0.29, 0.717) is 5.88 Å². The smallest absolute Gasteiger partial charge is 0.134 e. The molecule has 0 aliphatic rings. The Bertz CT molecular complexity index is 691. The summed E-state index contributed by atoms with van der Waals surface area (Å²) in [4.78, 5) is 1.30. The van der Waals surface area contributed by atoms with Gasteiger partial charge in [-0.1, -0.05) is 30.3 Å². The largest absolute Gasteiger partial charge is 0.461 e. The zero-order valence-corrected chi connectivity index (χ0v) is 12.6. The van der Waals surface area contributed by atoms with Gasteiger partial charge in [-0.2, -0.15) is 0 Å². The number of alkyl halides is 1. The predicted octanol–water partition coefficient (Wildman–Crippen LogP) is 5.51. The number of fused-ring (bicyclic) bond motifs is 1. The van der Waals surface area contributed by atoms with Gasteiger partial charge >= 0.3 is 0 Å². The molecular weight excluding hydrogens is 288 g/mol. The van der Waals surface area contributed by atoms with Crippen LogP contribution < -0.4 is 0 Å². The van der Waals surface area contributed by atoms with Crippen LogP contribution in [0, 0.1) is 0 Å². The summed E-state index contributed by atoms with van der Waals surface area (Å²) in [5.74, 6) is 2.58. The van der Waals surface area contributed by atoms with E-state index in [1.54, 1.807) is 0 Å². The highest BCUT2D eigenvalue weighted by Gasteiger charge is 2.05. The van der Waals surface area contributed by atoms with Crippen LogP contribution in [0.3, 0.4) is 0 Å². The summed E-state index contributed by atoms with van der Waals surface area (Å²) in [5, 5.41) is 1.15. The second-order valence-corrected chi connectivity index (χ2v) is 6.07. The standard InChI is InChI=1S/C17H15ClOS/c18-12-13-6-7-14-11-15(19-17(14)10-13)8-9-20-16-4-2-1-3-5-16/h1-7,10-11H,8-9,12H2. The monoisotopic (exact) mass is 302 g/mol. The van der Waals surface area contributed by atoms with Crippen LogP contribution in [-0.4, -0.2) is 5.75 Å². The first-order valence-electron chi connectivity index (χ1n) is 6.60. The van der Waals surface area contributed by atoms with Gasteiger partial charge in [-0.3, -0.25) is 0 Å². The third-order valence-electron chi connectivity index (χ3n) is 3.15. The summed E-state index contributed by atoms with van der Waals surface area (Å²) in [6, 6.07) is 18.7. The molecule has 3 aromatic rings. The van der Waals surface area contributed by atoms with Gasteiger partial charge in [0.2, 0.25) is 0 Å². The van der Waals surface area contributed by atoms with Gasteiger partial charge in [0.1, 0.15) is 11.3 Å². The van der Waals surface area contributed by atoms with Gasteiger partial charge in [0.15, 0.2) is 0 Å². The number of rotatable bonds is 5. The van der Waals surface area contributed by atoms with Crippen molar-refractivity contribution < 1.29 is 4.42 Å². The maximum atomic E-state index is 5.88. The van der Waals surface area contributed by atoms with E-state index in [0.717, 1.165) is 34.5 Å². The van der Waals surface area contributed by atoms with Crippen LogP contribution in [0.25, 0.3) is 11.0 Å². The Kier molecular flexibility index (Phi) is 4.34. The number of furan rings is 1. The van der Waals surface area contributed by atoms with Gasteiger partial charge in [-0.25, -0.2) is 0 Å². The van der Waals surface area contributed by atoms with Gasteiger partial charge < -0.3 is 4.42 Å². The second kappa shape index (κ2) is 6.38. The van der Waals surface area contributed by atoms with E-state index in [1.165, 1.54) is 4.90 Å². The Morgan fingerprint density at radius 1 is 1.00 bits per heavy atom. The Morgan fingerprint density at radius 3 is 2.65 bits per heavy atom. The summed E-state index contributed by atoms with van der Waals surface area (Å²) in [7, 11) is 0. The molecule has 0 radical (unpaired) electrons. The number of halogens is 1. The van der Waals surface area contributed by atoms with Gasteiger partial charge in [0.05, 0.1) is 0 Å². The quantitative estimate of drug-likeness (QED) is 0.455. The predicted molar refractivity (Wildman–Crippen MR) is 86.6 cm³/mol. The highest BCUT2D eigenvalue weighted by molar-refractivity contribution is 7.99. The molecule has 1 aromatic heterocycles. The van der Waals surface area contributed by atoms with E-state index in [4.69, 9.17) is 16.0 Å². The lowest BCUT2D eigenvalue weighted by atomic mass is 10.2. The SMILES string of the molecule is ClCc1ccc2cc(CCSc3ccccc3)oc2c1. The van der Waals surface area contributed by atoms with Crippen molar-refractivity contribution in [1.29, 1.82) is 0 Å². The fourth-order valence-corrected chi connectivity index (χ4v) is 3.18. The average molecular weight is 303 g/mol. The normalized spacial score (nSPS) is 11.1. The molecule has 2 aromatic carbocycles. The van der Waals surface area contributed by atoms with Gasteiger partial charge in [0, 0.05) is 28.3 Å². The summed E-state index contributed by atoms with van der Waals surface area (Å²) in [6.45, 7) is 0. The van der Waals surface area contributed by atoms with Crippen LogP contribution in [0.1, 0.15) is 11.3 Å². The fraction of sp³-hybridized carbons (Fsp3) is 0.176. The van der Waals surface area contributed by atoms with Gasteiger partial charge in [-0.15, -0.1) is 23.4 Å². The molecule has 0 unspecified atom stereocenters. The zero-order valence-electron chi connectivity index (χ0n) is 11.0. The Morgan fingerprint density at radius 2 is 1.85 bits per heavy atom. The minimum absolute atomic E-state index is 0.524. The molecule has 0 N–H and O–H groups in total. The molecule has 1 heterocycles. The maximum absolute atomic E-state index is 5.88. The third-order valence-corrected chi connectivity index (χ3v) is 4.47. The summed E-state index contributed by atoms with van der Waals surface area (Å²) < 4.78 is 5.88. The Balaban J connectivity index is 1.66. The van der Waals surface area contributed by atoms with Gasteiger partial charge in [0.25, 0.3) is 0 Å². The topological polar surface area (TPSA) is 13.1 Å². The van der Waals surface area contributed by atoms with Crippen LogP contribution in [0.15, 0.2) is 63.9 Å². The van der Waals surface area contributed by atoms with E-state index in [1.807, 2.05) is 30.0 Å². The maximum Gasteiger partial charge on any atom is 0.134 e. The lowest BCUT2D eigenvalue weighted by Crippen LogP contribution is -1.85. The van der Waals surface area contributed by atoms with E-state index < -0.39 is 0 Å². The molecule has 0 saturated carbocycles. The summed E-state index contributed by atoms with van der Waals surface area (Å²) in [5.41, 5.74) is 2.03. The Hall–Kier alpha value is -1.38. The molecular formula is C17H15ClOS. The average Bonchev–Trinajstić information content (AvgIpc) is 2.90. The van der Waals surface area contributed by atoms with Crippen molar-refractivity contribution in [3.05, 3.63) is 65.9 Å². The van der Waals surface area contributed by atoms with Crippen molar-refractivity contribution in [3.63, 3.8) is 0 Å². The van der Waals surface area contributed by atoms with Gasteiger partial charge in [-0.05, 0) is 29.8 Å². The number of hydrogen-bond donors (Lipinski definition) is 0. The zero-order chi connectivity index (χ0) is 13.8. The molecule has 102 valence electrons. The number of thioether (sulfide) groups is 1. The van der Waals surface area contributed by atoms with Crippen molar-refractivity contribution in [2.45, 2.75) is 17.2 Å². The number of aryl methyl sites for hydroxylation is 1. The highest BCUT2D eigenvalue weighted by Crippen LogP contribution is 2.24. The van der Waals surface area contributed by atoms with Crippen LogP contribution in [0.2, 0.25) is 0 Å². The summed E-state index contributed by atoms with van der Waals surface area (Å²) in [6.07, 6.45) is 0.935. The van der Waals surface area contributed by atoms with Crippen molar-refractivity contribution >= 4 is 34.3 Å². The van der Waals surface area contributed by atoms with E-state index >= 15 is 0 Å². The third kappa shape index (κ3) is 3.20. The summed E-state index contributed by atoms with van der Waals surface area (Å²) >= 11 is 7.69. The molecule has 20 heavy (non-hydrogen) atoms. The lowest BCUT2D eigenvalue weighted by molar-refractivity contribution is 0.558. The van der Waals surface area contributed by atoms with Crippen molar-refractivity contribution in [1.82, 2.24) is 0 Å². The van der Waals surface area contributed by atoms with Crippen LogP contribution >= 0.6 is 23.4 Å². The molecule has 0 bridgehead atoms. The molecule has 1 nitrogen and oxygen atoms in total. The molecule has 3 rings (SSSR count). The number of hydrogen-bond acceptors (Lipinski definition) is 2. The molecule has 0 atom stereocenters. The van der Waals surface area contributed by atoms with Crippen LogP contribution in [-0.2, 0) is 12.3 Å². The molecule has 0 amide bonds. The molecule has 0 fully saturated rings. The molecule has 0 aliphatic carbocycles. The molecule has 0 saturated heterocycles. The number of benzene rings is 2. The highest BCUT2D eigenvalue weighted by atomic mass is 35.5. The first-order valence-corrected chi connectivity index (χ1v) is 8.12. The lowest BCUT2D eigenvalue weighted by Gasteiger charge is -1.99. The van der Waals surface area contributed by atoms with Crippen LogP contribution in [0.4, 0.5) is 0 Å². The Labute approximate surface area is 127 Å². The van der Waals surface area contributed by atoms with Crippen LogP contribution in [0.5, 0.6) is 0 Å². The van der Waals surface area contributed by atoms with E-state index in [-0.39, 0.29) is 0 Å². The molecule has 3 heteroatoms. The van der Waals surface area contributed by atoms with Crippen molar-refractivity contribution in [2.75, 3.05) is 5.75 Å². The fourth-order valence-electron chi connectivity index (χ4n) is 2.12. The minimum atomic E-state index is 0.524. The van der Waals surface area contributed by atoms with E-state index in [9.17, 15) is 0 Å². The minimum Gasteiger partial charge on any atom is -0.461 e.